The first kappa shape index (κ1) is 55.8. The Morgan fingerprint density at radius 2 is 0.853 bits per heavy atom. The molecule has 0 spiro atoms. The SMILES string of the molecule is C=C1CC[C@H]2[C@H](C(C)C)C3=C(O[C@]2(C)CC[C@@H]2[C@@H]1CC2(C)C)C(C)=C(OC)C(C)(C)C3=O.C=C1CC[C@H]2[C@H](C(C)C)C3=C(O[C@]2(C)CC[C@@H]2[C@@H]1CC2(C)C)C(C)=C(OC)C(C)(C)C3=O.CO.CO. The first-order valence-corrected chi connectivity index (χ1v) is 26.2. The van der Waals surface area contributed by atoms with Gasteiger partial charge in [0.1, 0.15) is 34.2 Å². The van der Waals surface area contributed by atoms with Crippen LogP contribution in [0.4, 0.5) is 0 Å². The summed E-state index contributed by atoms with van der Waals surface area (Å²) in [6, 6.07) is 0. The van der Waals surface area contributed by atoms with Crippen molar-refractivity contribution in [2.75, 3.05) is 28.4 Å². The Hall–Kier alpha value is -3.10. The Morgan fingerprint density at radius 1 is 0.544 bits per heavy atom. The molecule has 8 nitrogen and oxygen atoms in total. The minimum absolute atomic E-state index is 0.176. The third-order valence-electron chi connectivity index (χ3n) is 19.2. The summed E-state index contributed by atoms with van der Waals surface area (Å²) < 4.78 is 25.5. The lowest BCUT2D eigenvalue weighted by Gasteiger charge is -2.54. The summed E-state index contributed by atoms with van der Waals surface area (Å²) in [7, 11) is 5.36. The number of rotatable bonds is 4. The van der Waals surface area contributed by atoms with Crippen LogP contribution in [0.3, 0.4) is 0 Å². The Bertz CT molecular complexity index is 1950. The lowest BCUT2D eigenvalue weighted by atomic mass is 9.52. The summed E-state index contributed by atoms with van der Waals surface area (Å²) >= 11 is 0. The Morgan fingerprint density at radius 3 is 1.12 bits per heavy atom. The Kier molecular flexibility index (Phi) is 16.3. The number of carbonyl (C=O) groups excluding carboxylic acids is 2. The minimum Gasteiger partial charge on any atom is -0.500 e. The van der Waals surface area contributed by atoms with Crippen LogP contribution in [0.2, 0.25) is 0 Å². The lowest BCUT2D eigenvalue weighted by molar-refractivity contribution is -0.132. The van der Waals surface area contributed by atoms with Gasteiger partial charge in [0.2, 0.25) is 0 Å². The number of fused-ring (bicyclic) bond motifs is 4. The maximum Gasteiger partial charge on any atom is 0.175 e. The number of methoxy groups -OCH3 is 2. The van der Waals surface area contributed by atoms with Crippen LogP contribution in [0, 0.1) is 80.8 Å². The Balaban J connectivity index is 0.000000237. The van der Waals surface area contributed by atoms with E-state index in [0.717, 1.165) is 111 Å². The van der Waals surface area contributed by atoms with Gasteiger partial charge >= 0.3 is 0 Å². The molecule has 2 heterocycles. The van der Waals surface area contributed by atoms with E-state index in [9.17, 15) is 9.59 Å². The van der Waals surface area contributed by atoms with Crippen molar-refractivity contribution in [3.05, 3.63) is 69.6 Å². The van der Waals surface area contributed by atoms with Crippen LogP contribution in [0.25, 0.3) is 0 Å². The lowest BCUT2D eigenvalue weighted by Crippen LogP contribution is -2.52. The average molecular weight is 945 g/mol. The van der Waals surface area contributed by atoms with Gasteiger partial charge in [-0.25, -0.2) is 0 Å². The molecule has 2 N–H and O–H groups in total. The summed E-state index contributed by atoms with van der Waals surface area (Å²) in [6.07, 6.45) is 11.1. The predicted octanol–water partition coefficient (Wildman–Crippen LogP) is 13.7. The second-order valence-corrected chi connectivity index (χ2v) is 25.6. The average Bonchev–Trinajstić information content (AvgIpc) is 3.33. The van der Waals surface area contributed by atoms with Crippen LogP contribution in [0.15, 0.2) is 69.6 Å². The van der Waals surface area contributed by atoms with E-state index in [4.69, 9.17) is 29.2 Å². The zero-order valence-electron chi connectivity index (χ0n) is 46.6. The molecule has 4 fully saturated rings. The molecule has 0 radical (unpaired) electrons. The van der Waals surface area contributed by atoms with Crippen LogP contribution >= 0.6 is 0 Å². The van der Waals surface area contributed by atoms with E-state index in [1.807, 2.05) is 27.7 Å². The number of carbonyl (C=O) groups is 2. The van der Waals surface area contributed by atoms with Crippen LogP contribution in [0.5, 0.6) is 0 Å². The number of ketones is 2. The highest BCUT2D eigenvalue weighted by Gasteiger charge is 2.59. The number of hydrogen-bond donors (Lipinski definition) is 2. The predicted molar refractivity (Wildman–Crippen MR) is 276 cm³/mol. The van der Waals surface area contributed by atoms with Gasteiger partial charge < -0.3 is 29.2 Å². The molecule has 0 aromatic heterocycles. The van der Waals surface area contributed by atoms with Crippen molar-refractivity contribution in [3.8, 4) is 0 Å². The normalized spacial score (nSPS) is 36.5. The summed E-state index contributed by atoms with van der Waals surface area (Å²) in [5, 5.41) is 14.0. The van der Waals surface area contributed by atoms with E-state index >= 15 is 0 Å². The van der Waals surface area contributed by atoms with Crippen LogP contribution < -0.4 is 0 Å². The standard InChI is InChI=1S/2C29H44O3.2CH4O/c2*1-16(2)22-21-12-11-17(3)19-15-27(5,6)20(19)13-14-29(21,9)32-24-18(4)26(31-10)28(7,8)25(30)23(22)24;2*1-2/h2*16,19-22H,3,11-15H2,1-2,4-10H3;2*2H,1H3/t2*19-,20-,21+,22+,29-;;/m11../s1. The number of allylic oxidation sites excluding steroid dienone is 8. The fourth-order valence-electron chi connectivity index (χ4n) is 15.6. The Labute approximate surface area is 413 Å². The van der Waals surface area contributed by atoms with E-state index in [0.29, 0.717) is 58.2 Å². The zero-order valence-corrected chi connectivity index (χ0v) is 46.6. The second-order valence-electron chi connectivity index (χ2n) is 25.6. The molecular weight excluding hydrogens is 849 g/mol. The van der Waals surface area contributed by atoms with Crippen molar-refractivity contribution in [1.29, 1.82) is 0 Å². The molecule has 0 aromatic carbocycles. The van der Waals surface area contributed by atoms with Crippen molar-refractivity contribution in [3.63, 3.8) is 0 Å². The molecule has 68 heavy (non-hydrogen) atoms. The topological polar surface area (TPSA) is 112 Å². The summed E-state index contributed by atoms with van der Waals surface area (Å²) in [6.45, 7) is 44.6. The van der Waals surface area contributed by atoms with Gasteiger partial charge in [-0.2, -0.15) is 0 Å². The largest absolute Gasteiger partial charge is 0.500 e. The maximum atomic E-state index is 13.9. The van der Waals surface area contributed by atoms with Crippen molar-refractivity contribution in [2.45, 2.75) is 186 Å². The summed E-state index contributed by atoms with van der Waals surface area (Å²) in [5.74, 6) is 7.89. The van der Waals surface area contributed by atoms with Gasteiger partial charge in [0, 0.05) is 60.2 Å². The molecule has 8 aliphatic rings. The second kappa shape index (κ2) is 19.8. The van der Waals surface area contributed by atoms with Crippen LogP contribution in [0.1, 0.15) is 175 Å². The molecule has 0 unspecified atom stereocenters. The first-order valence-electron chi connectivity index (χ1n) is 26.2. The molecule has 4 saturated carbocycles. The van der Waals surface area contributed by atoms with E-state index in [-0.39, 0.29) is 34.6 Å². The minimum atomic E-state index is -0.660. The van der Waals surface area contributed by atoms with Crippen LogP contribution in [-0.4, -0.2) is 61.4 Å². The molecule has 8 heteroatoms. The highest BCUT2D eigenvalue weighted by atomic mass is 16.5. The number of ether oxygens (including phenoxy) is 4. The van der Waals surface area contributed by atoms with Crippen molar-refractivity contribution < 1.29 is 38.7 Å². The van der Waals surface area contributed by atoms with Crippen molar-refractivity contribution in [1.82, 2.24) is 0 Å². The molecule has 8 rings (SSSR count). The van der Waals surface area contributed by atoms with Crippen LogP contribution in [-0.2, 0) is 28.5 Å². The summed E-state index contributed by atoms with van der Waals surface area (Å²) in [4.78, 5) is 27.8. The van der Waals surface area contributed by atoms with E-state index in [2.05, 4.69) is 96.2 Å². The maximum absolute atomic E-state index is 13.9. The molecule has 0 bridgehead atoms. The van der Waals surface area contributed by atoms with E-state index in [1.54, 1.807) is 14.2 Å². The monoisotopic (exact) mass is 945 g/mol. The highest BCUT2D eigenvalue weighted by Crippen LogP contribution is 2.63. The molecule has 0 aromatic rings. The molecule has 0 saturated heterocycles. The van der Waals surface area contributed by atoms with Gasteiger partial charge in [0.15, 0.2) is 11.6 Å². The molecular formula is C60H96O8. The fourth-order valence-corrected chi connectivity index (χ4v) is 15.6. The van der Waals surface area contributed by atoms with Crippen molar-refractivity contribution in [2.24, 2.45) is 80.8 Å². The molecule has 6 aliphatic carbocycles. The van der Waals surface area contributed by atoms with Crippen molar-refractivity contribution >= 4 is 11.6 Å². The molecule has 384 valence electrons. The number of aliphatic hydroxyl groups excluding tert-OH is 2. The number of hydrogen-bond acceptors (Lipinski definition) is 8. The summed E-state index contributed by atoms with van der Waals surface area (Å²) in [5.41, 5.74) is 5.56. The van der Waals surface area contributed by atoms with Gasteiger partial charge in [-0.05, 0) is 166 Å². The van der Waals surface area contributed by atoms with Gasteiger partial charge in [-0.15, -0.1) is 0 Å². The third-order valence-corrected chi connectivity index (χ3v) is 19.2. The van der Waals surface area contributed by atoms with E-state index in [1.165, 1.54) is 24.0 Å². The fraction of sp³-hybridized carbons (Fsp3) is 0.767. The number of aliphatic hydroxyl groups is 2. The molecule has 2 aliphatic heterocycles. The van der Waals surface area contributed by atoms with Gasteiger partial charge in [0.05, 0.1) is 25.0 Å². The van der Waals surface area contributed by atoms with Gasteiger partial charge in [-0.1, -0.05) is 79.7 Å². The highest BCUT2D eigenvalue weighted by molar-refractivity contribution is 6.05. The molecule has 0 amide bonds. The first-order chi connectivity index (χ1) is 31.5. The smallest absolute Gasteiger partial charge is 0.175 e. The van der Waals surface area contributed by atoms with E-state index < -0.39 is 10.8 Å². The molecule has 10 atom stereocenters. The van der Waals surface area contributed by atoms with Gasteiger partial charge in [0.25, 0.3) is 0 Å². The third kappa shape index (κ3) is 9.08. The quantitative estimate of drug-likeness (QED) is 0.268. The van der Waals surface area contributed by atoms with Gasteiger partial charge in [-0.3, -0.25) is 9.59 Å². The number of Topliss-reactive ketones (excluding diaryl/α,β-unsaturated/α-hetero) is 2. The zero-order chi connectivity index (χ0) is 51.6.